The van der Waals surface area contributed by atoms with Gasteiger partial charge < -0.3 is 9.67 Å². The Morgan fingerprint density at radius 1 is 0.862 bits per heavy atom. The lowest BCUT2D eigenvalue weighted by atomic mass is 9.90. The molecule has 3 heteroatoms. The highest BCUT2D eigenvalue weighted by molar-refractivity contribution is 5.97. The van der Waals surface area contributed by atoms with E-state index in [0.717, 1.165) is 29.8 Å². The highest BCUT2D eigenvalue weighted by Crippen LogP contribution is 2.40. The van der Waals surface area contributed by atoms with Gasteiger partial charge in [0.2, 0.25) is 0 Å². The number of ketones is 1. The summed E-state index contributed by atoms with van der Waals surface area (Å²) in [6.07, 6.45) is 1.91. The molecule has 1 aliphatic rings. The van der Waals surface area contributed by atoms with Crippen LogP contribution in [0.4, 0.5) is 0 Å². The summed E-state index contributed by atoms with van der Waals surface area (Å²) >= 11 is 0. The third-order valence-electron chi connectivity index (χ3n) is 5.73. The normalized spacial score (nSPS) is 12.3. The molecule has 0 atom stereocenters. The second-order valence-corrected chi connectivity index (χ2v) is 7.51. The molecule has 4 aromatic rings. The van der Waals surface area contributed by atoms with E-state index in [0.29, 0.717) is 5.56 Å². The zero-order chi connectivity index (χ0) is 20.0. The minimum absolute atomic E-state index is 0.0221. The van der Waals surface area contributed by atoms with Gasteiger partial charge in [-0.15, -0.1) is 0 Å². The summed E-state index contributed by atoms with van der Waals surface area (Å²) in [7, 11) is 0. The van der Waals surface area contributed by atoms with E-state index in [2.05, 4.69) is 47.0 Å². The Labute approximate surface area is 169 Å². The van der Waals surface area contributed by atoms with Crippen LogP contribution in [0.5, 0.6) is 5.75 Å². The summed E-state index contributed by atoms with van der Waals surface area (Å²) in [6, 6.07) is 26.4. The average Bonchev–Trinajstić information content (AvgIpc) is 3.15. The smallest absolute Gasteiger partial charge is 0.163 e. The maximum Gasteiger partial charge on any atom is 0.163 e. The fraction of sp³-hybridized carbons (Fsp3) is 0.115. The van der Waals surface area contributed by atoms with E-state index in [1.54, 1.807) is 12.1 Å². The molecule has 3 nitrogen and oxygen atoms in total. The average molecular weight is 379 g/mol. The van der Waals surface area contributed by atoms with Crippen LogP contribution in [0.15, 0.2) is 78.9 Å². The van der Waals surface area contributed by atoms with Gasteiger partial charge >= 0.3 is 0 Å². The lowest BCUT2D eigenvalue weighted by molar-refractivity contribution is 0.101. The molecule has 1 aliphatic carbocycles. The first-order valence-corrected chi connectivity index (χ1v) is 9.86. The Morgan fingerprint density at radius 2 is 1.62 bits per heavy atom. The van der Waals surface area contributed by atoms with Gasteiger partial charge in [-0.25, -0.2) is 0 Å². The summed E-state index contributed by atoms with van der Waals surface area (Å²) in [5.74, 6) is -0.120. The monoisotopic (exact) mass is 379 g/mol. The zero-order valence-corrected chi connectivity index (χ0v) is 16.2. The second kappa shape index (κ2) is 6.78. The Bertz CT molecular complexity index is 1240. The van der Waals surface area contributed by atoms with Crippen molar-refractivity contribution in [2.75, 3.05) is 0 Å². The maximum absolute atomic E-state index is 12.0. The van der Waals surface area contributed by atoms with Crippen molar-refractivity contribution in [1.29, 1.82) is 0 Å². The summed E-state index contributed by atoms with van der Waals surface area (Å²) in [5, 5.41) is 10.1. The fourth-order valence-electron chi connectivity index (χ4n) is 4.35. The topological polar surface area (TPSA) is 42.2 Å². The number of aromatic hydroxyl groups is 1. The van der Waals surface area contributed by atoms with Crippen molar-refractivity contribution < 1.29 is 9.90 Å². The van der Waals surface area contributed by atoms with Crippen LogP contribution in [-0.4, -0.2) is 15.5 Å². The van der Waals surface area contributed by atoms with Crippen molar-refractivity contribution in [3.05, 3.63) is 95.7 Å². The Kier molecular flexibility index (Phi) is 4.09. The third kappa shape index (κ3) is 2.87. The number of nitrogens with zero attached hydrogens (tertiary/aromatic N) is 1. The number of phenols is 1. The number of Topliss-reactive ketones (excluding diaryl/α,β-unsaturated/α-hetero) is 1. The van der Waals surface area contributed by atoms with Crippen LogP contribution in [0, 0.1) is 0 Å². The maximum atomic E-state index is 12.0. The van der Waals surface area contributed by atoms with E-state index in [-0.39, 0.29) is 11.5 Å². The molecule has 1 N–H and O–H groups in total. The first-order chi connectivity index (χ1) is 14.1. The van der Waals surface area contributed by atoms with Crippen molar-refractivity contribution >= 4 is 5.78 Å². The van der Waals surface area contributed by atoms with Crippen molar-refractivity contribution in [2.24, 2.45) is 0 Å². The number of aryl methyl sites for hydroxylation is 1. The molecule has 0 saturated heterocycles. The van der Waals surface area contributed by atoms with Crippen molar-refractivity contribution in [1.82, 2.24) is 4.57 Å². The molecule has 1 heterocycles. The van der Waals surface area contributed by atoms with E-state index in [4.69, 9.17) is 0 Å². The van der Waals surface area contributed by atoms with Crippen molar-refractivity contribution in [2.45, 2.75) is 19.8 Å². The van der Waals surface area contributed by atoms with E-state index < -0.39 is 0 Å². The Morgan fingerprint density at radius 3 is 2.41 bits per heavy atom. The van der Waals surface area contributed by atoms with Crippen LogP contribution >= 0.6 is 0 Å². The molecule has 0 spiro atoms. The zero-order valence-electron chi connectivity index (χ0n) is 16.2. The molecule has 5 rings (SSSR count). The van der Waals surface area contributed by atoms with E-state index in [9.17, 15) is 9.90 Å². The van der Waals surface area contributed by atoms with Gasteiger partial charge in [0.05, 0.1) is 11.3 Å². The van der Waals surface area contributed by atoms with Crippen LogP contribution in [0.25, 0.3) is 28.1 Å². The fourth-order valence-corrected chi connectivity index (χ4v) is 4.35. The Balaban J connectivity index is 1.81. The quantitative estimate of drug-likeness (QED) is 0.456. The first kappa shape index (κ1) is 17.5. The number of hydrogen-bond acceptors (Lipinski definition) is 2. The number of fused-ring (bicyclic) bond motifs is 3. The molecule has 29 heavy (non-hydrogen) atoms. The van der Waals surface area contributed by atoms with Gasteiger partial charge in [0.25, 0.3) is 0 Å². The van der Waals surface area contributed by atoms with Gasteiger partial charge in [-0.1, -0.05) is 54.6 Å². The minimum atomic E-state index is -0.142. The first-order valence-electron chi connectivity index (χ1n) is 9.86. The number of aromatic nitrogens is 1. The number of benzene rings is 3. The minimum Gasteiger partial charge on any atom is -0.507 e. The highest BCUT2D eigenvalue weighted by atomic mass is 16.3. The third-order valence-corrected chi connectivity index (χ3v) is 5.73. The predicted octanol–water partition coefficient (Wildman–Crippen LogP) is 5.82. The van der Waals surface area contributed by atoms with Gasteiger partial charge in [0, 0.05) is 16.9 Å². The Hall–Kier alpha value is -3.59. The number of rotatable bonds is 3. The predicted molar refractivity (Wildman–Crippen MR) is 116 cm³/mol. The molecule has 142 valence electrons. The van der Waals surface area contributed by atoms with E-state index >= 15 is 0 Å². The number of carbonyl (C=O) groups excluding carboxylic acids is 1. The molecule has 0 amide bonds. The molecule has 0 unspecified atom stereocenters. The number of hydrogen-bond donors (Lipinski definition) is 1. The summed E-state index contributed by atoms with van der Waals surface area (Å²) < 4.78 is 2.24. The van der Waals surface area contributed by atoms with Crippen LogP contribution in [0.1, 0.15) is 28.5 Å². The lowest BCUT2D eigenvalue weighted by Gasteiger charge is -2.20. The molecule has 0 fully saturated rings. The van der Waals surface area contributed by atoms with E-state index in [1.165, 1.54) is 29.3 Å². The van der Waals surface area contributed by atoms with Crippen molar-refractivity contribution in [3.63, 3.8) is 0 Å². The van der Waals surface area contributed by atoms with Gasteiger partial charge in [0.15, 0.2) is 5.78 Å². The number of phenolic OH excluding ortho intramolecular Hbond substituents is 1. The molecular weight excluding hydrogens is 358 g/mol. The molecular formula is C26H21NO2. The van der Waals surface area contributed by atoms with Crippen LogP contribution < -0.4 is 0 Å². The van der Waals surface area contributed by atoms with Gasteiger partial charge in [0.1, 0.15) is 5.75 Å². The second-order valence-electron chi connectivity index (χ2n) is 7.51. The SMILES string of the molecule is CC(=O)c1cc(-n2c(-c3ccccc3)cc3c2CCc2ccccc2-3)ccc1O. The molecule has 0 aliphatic heterocycles. The molecule has 0 saturated carbocycles. The van der Waals surface area contributed by atoms with Crippen molar-refractivity contribution in [3.8, 4) is 33.8 Å². The molecule has 0 radical (unpaired) electrons. The van der Waals surface area contributed by atoms with Gasteiger partial charge in [-0.3, -0.25) is 4.79 Å². The van der Waals surface area contributed by atoms with Gasteiger partial charge in [-0.2, -0.15) is 0 Å². The molecule has 3 aromatic carbocycles. The lowest BCUT2D eigenvalue weighted by Crippen LogP contribution is -2.09. The van der Waals surface area contributed by atoms with Crippen LogP contribution in [-0.2, 0) is 12.8 Å². The molecule has 1 aromatic heterocycles. The highest BCUT2D eigenvalue weighted by Gasteiger charge is 2.24. The summed E-state index contributed by atoms with van der Waals surface area (Å²) in [5.41, 5.74) is 8.57. The molecule has 0 bridgehead atoms. The summed E-state index contributed by atoms with van der Waals surface area (Å²) in [6.45, 7) is 1.48. The summed E-state index contributed by atoms with van der Waals surface area (Å²) in [4.78, 5) is 12.0. The largest absolute Gasteiger partial charge is 0.507 e. The number of carbonyl (C=O) groups is 1. The van der Waals surface area contributed by atoms with Gasteiger partial charge in [-0.05, 0) is 60.7 Å². The van der Waals surface area contributed by atoms with Crippen LogP contribution in [0.2, 0.25) is 0 Å². The standard InChI is InChI=1S/C26H21NO2/c1-17(28)22-15-20(12-14-26(22)29)27-24-13-11-18-7-5-6-10-21(18)23(24)16-25(27)19-8-3-2-4-9-19/h2-10,12,14-16,29H,11,13H2,1H3. The van der Waals surface area contributed by atoms with Crippen LogP contribution in [0.3, 0.4) is 0 Å². The van der Waals surface area contributed by atoms with E-state index in [1.807, 2.05) is 24.3 Å².